The van der Waals surface area contributed by atoms with E-state index in [9.17, 15) is 4.79 Å². The third-order valence-corrected chi connectivity index (χ3v) is 6.52. The van der Waals surface area contributed by atoms with Gasteiger partial charge in [0.05, 0.1) is 16.6 Å². The number of carbonyl (C=O) groups excluding carboxylic acids is 1. The third kappa shape index (κ3) is 3.28. The Morgan fingerprint density at radius 2 is 2.07 bits per heavy atom. The lowest BCUT2D eigenvalue weighted by atomic mass is 10.1. The molecule has 7 heteroatoms. The summed E-state index contributed by atoms with van der Waals surface area (Å²) in [5.41, 5.74) is 4.66. The van der Waals surface area contributed by atoms with Gasteiger partial charge < -0.3 is 10.2 Å². The number of thiazole rings is 1. The molecule has 1 aliphatic rings. The maximum atomic E-state index is 13.1. The fourth-order valence-electron chi connectivity index (χ4n) is 3.42. The van der Waals surface area contributed by atoms with Crippen molar-refractivity contribution in [3.63, 3.8) is 0 Å². The highest BCUT2D eigenvalue weighted by atomic mass is 32.1. The van der Waals surface area contributed by atoms with Crippen LogP contribution >= 0.6 is 11.3 Å². The maximum Gasteiger partial charge on any atom is 0.274 e. The van der Waals surface area contributed by atoms with E-state index >= 15 is 0 Å². The Bertz CT molecular complexity index is 962. The monoisotopic (exact) mass is 381 g/mol. The number of nitrogens with one attached hydrogen (secondary N) is 2. The van der Waals surface area contributed by atoms with E-state index in [1.165, 1.54) is 0 Å². The molecule has 0 saturated carbocycles. The SMILES string of the molecule is Cc1nc(-c2ccccc2)sc1C(C)N(C)C(=O)c1n[nH]c2c1CNCC2. The number of hydrogen-bond acceptors (Lipinski definition) is 5. The van der Waals surface area contributed by atoms with Crippen LogP contribution in [-0.4, -0.2) is 39.6 Å². The zero-order valence-corrected chi connectivity index (χ0v) is 16.6. The van der Waals surface area contributed by atoms with E-state index in [-0.39, 0.29) is 11.9 Å². The van der Waals surface area contributed by atoms with Gasteiger partial charge in [-0.15, -0.1) is 11.3 Å². The minimum atomic E-state index is -0.0728. The number of H-pyrrole nitrogens is 1. The van der Waals surface area contributed by atoms with Crippen LogP contribution in [0, 0.1) is 6.92 Å². The summed E-state index contributed by atoms with van der Waals surface area (Å²) in [5.74, 6) is -0.0576. The molecule has 6 nitrogen and oxygen atoms in total. The molecule has 2 N–H and O–H groups in total. The average Bonchev–Trinajstić information content (AvgIpc) is 3.30. The molecule has 0 aliphatic carbocycles. The van der Waals surface area contributed by atoms with Gasteiger partial charge in [-0.05, 0) is 13.8 Å². The van der Waals surface area contributed by atoms with Crippen molar-refractivity contribution >= 4 is 17.2 Å². The molecule has 0 bridgehead atoms. The lowest BCUT2D eigenvalue weighted by Crippen LogP contribution is -2.32. The summed E-state index contributed by atoms with van der Waals surface area (Å²) >= 11 is 1.65. The van der Waals surface area contributed by atoms with Crippen molar-refractivity contribution in [2.45, 2.75) is 32.9 Å². The van der Waals surface area contributed by atoms with E-state index in [1.54, 1.807) is 16.2 Å². The molecule has 1 aliphatic heterocycles. The molecule has 1 amide bonds. The normalized spacial score (nSPS) is 14.6. The molecular formula is C20H23N5OS. The van der Waals surface area contributed by atoms with E-state index < -0.39 is 0 Å². The molecule has 27 heavy (non-hydrogen) atoms. The number of carbonyl (C=O) groups is 1. The molecule has 4 rings (SSSR count). The highest BCUT2D eigenvalue weighted by molar-refractivity contribution is 7.15. The predicted molar refractivity (Wildman–Crippen MR) is 107 cm³/mol. The van der Waals surface area contributed by atoms with Crippen molar-refractivity contribution < 1.29 is 4.79 Å². The standard InChI is InChI=1S/C20H23N5OS/c1-12-18(27-19(22-12)14-7-5-4-6-8-14)13(2)25(3)20(26)17-15-11-21-10-9-16(15)23-24-17/h4-8,13,21H,9-11H2,1-3H3,(H,23,24). The van der Waals surface area contributed by atoms with Crippen LogP contribution in [-0.2, 0) is 13.0 Å². The van der Waals surface area contributed by atoms with Crippen LogP contribution in [0.15, 0.2) is 30.3 Å². The summed E-state index contributed by atoms with van der Waals surface area (Å²) in [6.07, 6.45) is 0.878. The Balaban J connectivity index is 1.59. The van der Waals surface area contributed by atoms with Crippen LogP contribution in [0.5, 0.6) is 0 Å². The highest BCUT2D eigenvalue weighted by Gasteiger charge is 2.28. The highest BCUT2D eigenvalue weighted by Crippen LogP contribution is 2.34. The van der Waals surface area contributed by atoms with Crippen LogP contribution in [0.4, 0.5) is 0 Å². The number of hydrogen-bond donors (Lipinski definition) is 2. The predicted octanol–water partition coefficient (Wildman–Crippen LogP) is 3.32. The zero-order chi connectivity index (χ0) is 19.0. The van der Waals surface area contributed by atoms with Crippen molar-refractivity contribution in [1.29, 1.82) is 0 Å². The molecule has 3 aromatic rings. The Kier molecular flexibility index (Phi) is 4.80. The first-order valence-electron chi connectivity index (χ1n) is 9.13. The Hall–Kier alpha value is -2.51. The van der Waals surface area contributed by atoms with E-state index in [0.29, 0.717) is 12.2 Å². The van der Waals surface area contributed by atoms with Gasteiger partial charge in [0.25, 0.3) is 5.91 Å². The number of fused-ring (bicyclic) bond motifs is 1. The number of nitrogens with zero attached hydrogens (tertiary/aromatic N) is 3. The topological polar surface area (TPSA) is 73.9 Å². The lowest BCUT2D eigenvalue weighted by Gasteiger charge is -2.24. The van der Waals surface area contributed by atoms with Crippen molar-refractivity contribution in [3.05, 3.63) is 57.9 Å². The summed E-state index contributed by atoms with van der Waals surface area (Å²) in [4.78, 5) is 20.7. The van der Waals surface area contributed by atoms with Crippen molar-refractivity contribution in [2.24, 2.45) is 0 Å². The van der Waals surface area contributed by atoms with Crippen molar-refractivity contribution in [3.8, 4) is 10.6 Å². The van der Waals surface area contributed by atoms with Gasteiger partial charge in [0, 0.05) is 43.4 Å². The van der Waals surface area contributed by atoms with Crippen molar-refractivity contribution in [2.75, 3.05) is 13.6 Å². The quantitative estimate of drug-likeness (QED) is 0.727. The van der Waals surface area contributed by atoms with Gasteiger partial charge in [0.2, 0.25) is 0 Å². The first-order valence-corrected chi connectivity index (χ1v) is 9.94. The van der Waals surface area contributed by atoms with Gasteiger partial charge in [-0.25, -0.2) is 4.98 Å². The molecule has 0 fully saturated rings. The Labute approximate surface area is 162 Å². The van der Waals surface area contributed by atoms with Gasteiger partial charge in [-0.2, -0.15) is 5.10 Å². The van der Waals surface area contributed by atoms with Gasteiger partial charge in [-0.1, -0.05) is 30.3 Å². The van der Waals surface area contributed by atoms with Gasteiger partial charge >= 0.3 is 0 Å². The van der Waals surface area contributed by atoms with Crippen molar-refractivity contribution in [1.82, 2.24) is 25.4 Å². The van der Waals surface area contributed by atoms with Gasteiger partial charge in [0.15, 0.2) is 5.69 Å². The molecule has 1 atom stereocenters. The van der Waals surface area contributed by atoms with Crippen LogP contribution in [0.25, 0.3) is 10.6 Å². The van der Waals surface area contributed by atoms with Crippen LogP contribution in [0.2, 0.25) is 0 Å². The third-order valence-electron chi connectivity index (χ3n) is 5.14. The van der Waals surface area contributed by atoms with E-state index in [4.69, 9.17) is 4.98 Å². The second-order valence-corrected chi connectivity index (χ2v) is 7.91. The fraction of sp³-hybridized carbons (Fsp3) is 0.350. The first kappa shape index (κ1) is 17.9. The number of benzene rings is 1. The van der Waals surface area contributed by atoms with Crippen LogP contribution in [0.1, 0.15) is 45.3 Å². The van der Waals surface area contributed by atoms with Gasteiger partial charge in [-0.3, -0.25) is 9.89 Å². The van der Waals surface area contributed by atoms with E-state index in [2.05, 4.69) is 27.6 Å². The lowest BCUT2D eigenvalue weighted by molar-refractivity contribution is 0.0737. The number of aromatic amines is 1. The summed E-state index contributed by atoms with van der Waals surface area (Å²) in [6.45, 7) is 5.65. The molecule has 1 unspecified atom stereocenters. The molecule has 2 aromatic heterocycles. The fourth-order valence-corrected chi connectivity index (χ4v) is 4.59. The average molecular weight is 382 g/mol. The molecule has 0 spiro atoms. The molecular weight excluding hydrogens is 358 g/mol. The second-order valence-electron chi connectivity index (χ2n) is 6.88. The van der Waals surface area contributed by atoms with E-state index in [0.717, 1.165) is 45.4 Å². The minimum Gasteiger partial charge on any atom is -0.333 e. The first-order chi connectivity index (χ1) is 13.1. The summed E-state index contributed by atoms with van der Waals surface area (Å²) < 4.78 is 0. The largest absolute Gasteiger partial charge is 0.333 e. The maximum absolute atomic E-state index is 13.1. The number of rotatable bonds is 4. The second kappa shape index (κ2) is 7.25. The zero-order valence-electron chi connectivity index (χ0n) is 15.7. The molecule has 140 valence electrons. The number of aryl methyl sites for hydroxylation is 1. The van der Waals surface area contributed by atoms with E-state index in [1.807, 2.05) is 39.1 Å². The summed E-state index contributed by atoms with van der Waals surface area (Å²) in [7, 11) is 1.84. The Morgan fingerprint density at radius 1 is 1.30 bits per heavy atom. The Morgan fingerprint density at radius 3 is 2.85 bits per heavy atom. The molecule has 3 heterocycles. The summed E-state index contributed by atoms with van der Waals surface area (Å²) in [6, 6.07) is 10.1. The van der Waals surface area contributed by atoms with Crippen LogP contribution < -0.4 is 5.32 Å². The smallest absolute Gasteiger partial charge is 0.274 e. The minimum absolute atomic E-state index is 0.0576. The number of amides is 1. The van der Waals surface area contributed by atoms with Crippen LogP contribution in [0.3, 0.4) is 0 Å². The molecule has 0 saturated heterocycles. The molecule has 0 radical (unpaired) electrons. The number of aromatic nitrogens is 3. The van der Waals surface area contributed by atoms with Gasteiger partial charge in [0.1, 0.15) is 5.01 Å². The summed E-state index contributed by atoms with van der Waals surface area (Å²) in [5, 5.41) is 11.6. The molecule has 1 aromatic carbocycles.